The van der Waals surface area contributed by atoms with E-state index >= 15 is 0 Å². The van der Waals surface area contributed by atoms with Crippen LogP contribution >= 0.6 is 12.4 Å². The van der Waals surface area contributed by atoms with Crippen molar-refractivity contribution in [2.24, 2.45) is 0 Å². The maximum absolute atomic E-state index is 11.0. The van der Waals surface area contributed by atoms with Gasteiger partial charge in [-0.2, -0.15) is 0 Å². The van der Waals surface area contributed by atoms with Gasteiger partial charge in [0, 0.05) is 0 Å². The van der Waals surface area contributed by atoms with Crippen molar-refractivity contribution < 1.29 is 19.1 Å². The minimum atomic E-state index is -1.55. The van der Waals surface area contributed by atoms with Crippen molar-refractivity contribution in [3.63, 3.8) is 0 Å². The average molecular weight is 372 g/mol. The molecule has 0 fully saturated rings. The molecule has 0 atom stereocenters. The van der Waals surface area contributed by atoms with Gasteiger partial charge in [-0.3, -0.25) is 0 Å². The molecule has 0 aromatic rings. The van der Waals surface area contributed by atoms with E-state index in [-0.39, 0.29) is 24.3 Å². The Bertz CT molecular complexity index is 204. The van der Waals surface area contributed by atoms with Gasteiger partial charge < -0.3 is 0 Å². The zero-order chi connectivity index (χ0) is 12.4. The van der Waals surface area contributed by atoms with Crippen molar-refractivity contribution in [2.45, 2.75) is 39.5 Å². The Hall–Kier alpha value is 0.0287. The average Bonchev–Trinajstić information content (AvgIpc) is 2.31. The van der Waals surface area contributed by atoms with Gasteiger partial charge in [-0.05, 0) is 0 Å². The maximum atomic E-state index is 11.0. The Morgan fingerprint density at radius 2 is 1.35 bits per heavy atom. The van der Waals surface area contributed by atoms with Crippen LogP contribution in [0.25, 0.3) is 0 Å². The van der Waals surface area contributed by atoms with Gasteiger partial charge in [0.25, 0.3) is 0 Å². The number of methoxy groups -OCH3 is 2. The van der Waals surface area contributed by atoms with Gasteiger partial charge >= 0.3 is 104 Å². The molecule has 6 heteroatoms. The first-order valence-electron chi connectivity index (χ1n) is 5.61. The molecule has 0 aromatic heterocycles. The molecule has 4 nitrogen and oxygen atoms in total. The Labute approximate surface area is 117 Å². The van der Waals surface area contributed by atoms with Crippen LogP contribution in [0.15, 0.2) is 0 Å². The third-order valence-electron chi connectivity index (χ3n) is 2.42. The zero-order valence-corrected chi connectivity index (χ0v) is 14.5. The third kappa shape index (κ3) is 10.9. The fourth-order valence-electron chi connectivity index (χ4n) is 1.49. The predicted octanol–water partition coefficient (Wildman–Crippen LogP) is 2.44. The number of ether oxygens (including phenoxy) is 2. The summed E-state index contributed by atoms with van der Waals surface area (Å²) < 4.78 is 12.5. The van der Waals surface area contributed by atoms with Crippen molar-refractivity contribution in [1.82, 2.24) is 0 Å². The van der Waals surface area contributed by atoms with Crippen LogP contribution in [0.5, 0.6) is 0 Å². The SMILES string of the molecule is CC[CH2][Sn]([CH2]CC(=O)OC)[CH2]CC(=O)OC.Cl. The number of carbonyl (C=O) groups excluding carboxylic acids is 2. The monoisotopic (exact) mass is 373 g/mol. The van der Waals surface area contributed by atoms with Crippen molar-refractivity contribution in [2.75, 3.05) is 14.2 Å². The van der Waals surface area contributed by atoms with E-state index in [0.717, 1.165) is 15.3 Å². The molecule has 0 saturated heterocycles. The van der Waals surface area contributed by atoms with E-state index < -0.39 is 19.8 Å². The molecule has 101 valence electrons. The smallest absolute Gasteiger partial charge is 0.147 e. The molecule has 0 bridgehead atoms. The second kappa shape index (κ2) is 12.5. The molecule has 0 aliphatic heterocycles. The number of carbonyl (C=O) groups is 2. The minimum absolute atomic E-state index is 0. The van der Waals surface area contributed by atoms with E-state index in [1.807, 2.05) is 0 Å². The first kappa shape index (κ1) is 19.4. The van der Waals surface area contributed by atoms with Crippen LogP contribution in [-0.4, -0.2) is 45.9 Å². The number of rotatable bonds is 8. The second-order valence-electron chi connectivity index (χ2n) is 3.65. The second-order valence-corrected chi connectivity index (χ2v) is 12.2. The Morgan fingerprint density at radius 3 is 1.65 bits per heavy atom. The van der Waals surface area contributed by atoms with Crippen LogP contribution in [0.1, 0.15) is 26.2 Å². The molecular formula is C11H22ClO4Sn. The van der Waals surface area contributed by atoms with Gasteiger partial charge in [0.2, 0.25) is 0 Å². The topological polar surface area (TPSA) is 52.6 Å². The normalized spacial score (nSPS) is 9.65. The molecule has 1 radical (unpaired) electrons. The zero-order valence-electron chi connectivity index (χ0n) is 10.8. The molecule has 0 unspecified atom stereocenters. The standard InChI is InChI=1S/2C4H7O2.C3H7.ClH.Sn/c2*1-3-4(5)6-2;1-3-2;;/h2*1,3H2,2H3;1,3H2,2H3;1H;. The quantitative estimate of drug-likeness (QED) is 0.485. The molecule has 0 N–H and O–H groups in total. The maximum Gasteiger partial charge on any atom is -0.147 e. The molecule has 0 aliphatic carbocycles. The third-order valence-corrected chi connectivity index (χ3v) is 11.3. The van der Waals surface area contributed by atoms with Crippen LogP contribution < -0.4 is 0 Å². The Balaban J connectivity index is 0. The van der Waals surface area contributed by atoms with Gasteiger partial charge in [-0.15, -0.1) is 12.4 Å². The summed E-state index contributed by atoms with van der Waals surface area (Å²) in [6.45, 7) is 2.15. The summed E-state index contributed by atoms with van der Waals surface area (Å²) in [4.78, 5) is 22.1. The van der Waals surface area contributed by atoms with Crippen molar-refractivity contribution in [1.29, 1.82) is 0 Å². The molecule has 0 aromatic carbocycles. The number of halogens is 1. The van der Waals surface area contributed by atoms with Gasteiger partial charge in [-0.25, -0.2) is 0 Å². The summed E-state index contributed by atoms with van der Waals surface area (Å²) in [5.74, 6) is -0.264. The summed E-state index contributed by atoms with van der Waals surface area (Å²) in [6.07, 6.45) is 2.19. The van der Waals surface area contributed by atoms with Gasteiger partial charge in [0.1, 0.15) is 0 Å². The Kier molecular flexibility index (Phi) is 14.2. The van der Waals surface area contributed by atoms with Crippen LogP contribution in [0.2, 0.25) is 13.3 Å². The number of esters is 2. The molecule has 0 rings (SSSR count). The fraction of sp³-hybridized carbons (Fsp3) is 0.818. The summed E-state index contributed by atoms with van der Waals surface area (Å²) in [7, 11) is 2.83. The molecule has 0 amide bonds. The van der Waals surface area contributed by atoms with E-state index in [9.17, 15) is 9.59 Å². The molecule has 0 heterocycles. The largest absolute Gasteiger partial charge is 0.147 e. The molecule has 17 heavy (non-hydrogen) atoms. The molecule has 0 aliphatic rings. The molecule has 0 saturated carbocycles. The first-order valence-corrected chi connectivity index (χ1v) is 11.7. The van der Waals surface area contributed by atoms with Gasteiger partial charge in [-0.1, -0.05) is 0 Å². The minimum Gasteiger partial charge on any atom is -0.147 e. The van der Waals surface area contributed by atoms with Gasteiger partial charge in [0.15, 0.2) is 0 Å². The predicted molar refractivity (Wildman–Crippen MR) is 71.0 cm³/mol. The summed E-state index contributed by atoms with van der Waals surface area (Å²) in [5.41, 5.74) is 0. The summed E-state index contributed by atoms with van der Waals surface area (Å²) >= 11 is -1.55. The number of hydrogen-bond acceptors (Lipinski definition) is 4. The number of hydrogen-bond donors (Lipinski definition) is 0. The van der Waals surface area contributed by atoms with E-state index in [4.69, 9.17) is 0 Å². The van der Waals surface area contributed by atoms with E-state index in [1.54, 1.807) is 0 Å². The van der Waals surface area contributed by atoms with Crippen molar-refractivity contribution in [3.05, 3.63) is 0 Å². The van der Waals surface area contributed by atoms with Crippen LogP contribution in [0.3, 0.4) is 0 Å². The van der Waals surface area contributed by atoms with Crippen LogP contribution in [0, 0.1) is 0 Å². The summed E-state index contributed by atoms with van der Waals surface area (Å²) in [5, 5.41) is 0. The fourth-order valence-corrected chi connectivity index (χ4v) is 8.83. The Morgan fingerprint density at radius 1 is 0.941 bits per heavy atom. The van der Waals surface area contributed by atoms with Crippen molar-refractivity contribution >= 4 is 44.1 Å². The molecular weight excluding hydrogens is 350 g/mol. The van der Waals surface area contributed by atoms with Gasteiger partial charge in [0.05, 0.1) is 0 Å². The van der Waals surface area contributed by atoms with Crippen LogP contribution in [0.4, 0.5) is 0 Å². The molecule has 0 spiro atoms. The first-order chi connectivity index (χ1) is 7.63. The van der Waals surface area contributed by atoms with E-state index in [0.29, 0.717) is 12.8 Å². The van der Waals surface area contributed by atoms with Crippen molar-refractivity contribution in [3.8, 4) is 0 Å². The van der Waals surface area contributed by atoms with E-state index in [2.05, 4.69) is 16.4 Å². The summed E-state index contributed by atoms with van der Waals surface area (Å²) in [6, 6.07) is 0. The van der Waals surface area contributed by atoms with E-state index in [1.165, 1.54) is 18.7 Å². The van der Waals surface area contributed by atoms with Crippen LogP contribution in [-0.2, 0) is 19.1 Å².